The molecule has 1 aliphatic heterocycles. The van der Waals surface area contributed by atoms with E-state index in [4.69, 9.17) is 4.52 Å². The predicted octanol–water partition coefficient (Wildman–Crippen LogP) is 2.25. The summed E-state index contributed by atoms with van der Waals surface area (Å²) >= 11 is 0. The quantitative estimate of drug-likeness (QED) is 0.802. The monoisotopic (exact) mass is 372 g/mol. The van der Waals surface area contributed by atoms with Crippen LogP contribution in [0.2, 0.25) is 0 Å². The van der Waals surface area contributed by atoms with Crippen molar-refractivity contribution < 1.29 is 9.32 Å². The van der Waals surface area contributed by atoms with Crippen LogP contribution in [0.1, 0.15) is 26.2 Å². The van der Waals surface area contributed by atoms with E-state index in [1.165, 1.54) is 0 Å². The van der Waals surface area contributed by atoms with Crippen LogP contribution >= 0.6 is 0 Å². The molecule has 1 atom stereocenters. The van der Waals surface area contributed by atoms with E-state index in [0.717, 1.165) is 31.6 Å². The third-order valence-corrected chi connectivity index (χ3v) is 4.66. The van der Waals surface area contributed by atoms with Crippen molar-refractivity contribution in [3.63, 3.8) is 0 Å². The number of nitrogens with one attached hydrogen (secondary N) is 1. The Morgan fingerprint density at radius 1 is 1.41 bits per heavy atom. The Morgan fingerprint density at radius 2 is 2.19 bits per heavy atom. The number of hydrogen-bond donors (Lipinski definition) is 1. The molecule has 0 aliphatic carbocycles. The Balaban J connectivity index is 1.44. The van der Waals surface area contributed by atoms with Crippen molar-refractivity contribution in [1.82, 2.24) is 30.2 Å². The van der Waals surface area contributed by atoms with Gasteiger partial charge in [0.25, 0.3) is 0 Å². The summed E-state index contributed by atoms with van der Waals surface area (Å²) < 4.78 is 5.26. The minimum absolute atomic E-state index is 0.124. The molecule has 3 heterocycles. The Bertz CT molecular complexity index is 733. The first-order chi connectivity index (χ1) is 13.0. The van der Waals surface area contributed by atoms with Gasteiger partial charge in [-0.15, -0.1) is 0 Å². The highest BCUT2D eigenvalue weighted by Gasteiger charge is 2.24. The smallest absolute Gasteiger partial charge is 0.317 e. The van der Waals surface area contributed by atoms with Gasteiger partial charge in [0.15, 0.2) is 0 Å². The molecular weight excluding hydrogens is 344 g/mol. The van der Waals surface area contributed by atoms with Crippen LogP contribution in [0, 0.1) is 11.8 Å². The molecule has 27 heavy (non-hydrogen) atoms. The maximum atomic E-state index is 12.3. The van der Waals surface area contributed by atoms with Crippen LogP contribution in [-0.4, -0.2) is 64.2 Å². The summed E-state index contributed by atoms with van der Waals surface area (Å²) in [6.45, 7) is 8.75. The lowest BCUT2D eigenvalue weighted by atomic mass is 10.1. The fourth-order valence-electron chi connectivity index (χ4n) is 3.34. The number of urea groups is 1. The lowest BCUT2D eigenvalue weighted by Gasteiger charge is -2.20. The van der Waals surface area contributed by atoms with E-state index in [9.17, 15) is 4.79 Å². The third kappa shape index (κ3) is 5.50. The first-order valence-corrected chi connectivity index (χ1v) is 9.45. The van der Waals surface area contributed by atoms with Gasteiger partial charge in [0.05, 0.1) is 0 Å². The second-order valence-electron chi connectivity index (χ2n) is 7.60. The van der Waals surface area contributed by atoms with Crippen LogP contribution < -0.4 is 5.32 Å². The molecule has 1 N–H and O–H groups in total. The second-order valence-corrected chi connectivity index (χ2v) is 7.60. The van der Waals surface area contributed by atoms with Crippen molar-refractivity contribution in [3.05, 3.63) is 30.4 Å². The standard InChI is InChI=1S/C19H28N6O2/c1-14(2)11-25-9-6-15(12-25)10-21-19(26)24(3)13-17-22-18(23-27-17)16-4-7-20-8-5-16/h4-5,7-8,14-15H,6,9-13H2,1-3H3,(H,21,26)/t15-/m1/s1. The van der Waals surface area contributed by atoms with E-state index >= 15 is 0 Å². The summed E-state index contributed by atoms with van der Waals surface area (Å²) in [6, 6.07) is 3.51. The average molecular weight is 372 g/mol. The summed E-state index contributed by atoms with van der Waals surface area (Å²) in [4.78, 5) is 24.7. The van der Waals surface area contributed by atoms with E-state index in [2.05, 4.69) is 39.2 Å². The Morgan fingerprint density at radius 3 is 2.93 bits per heavy atom. The number of hydrogen-bond acceptors (Lipinski definition) is 6. The highest BCUT2D eigenvalue weighted by Crippen LogP contribution is 2.17. The van der Waals surface area contributed by atoms with E-state index < -0.39 is 0 Å². The molecule has 3 rings (SSSR count). The molecule has 2 amide bonds. The molecule has 2 aromatic heterocycles. The molecule has 8 nitrogen and oxygen atoms in total. The number of pyridine rings is 1. The van der Waals surface area contributed by atoms with Gasteiger partial charge in [-0.05, 0) is 36.9 Å². The molecule has 0 bridgehead atoms. The third-order valence-electron chi connectivity index (χ3n) is 4.66. The Labute approximate surface area is 159 Å². The zero-order valence-electron chi connectivity index (χ0n) is 16.3. The molecule has 0 unspecified atom stereocenters. The molecule has 1 fully saturated rings. The van der Waals surface area contributed by atoms with Crippen LogP contribution in [0.4, 0.5) is 4.79 Å². The fourth-order valence-corrected chi connectivity index (χ4v) is 3.34. The van der Waals surface area contributed by atoms with Gasteiger partial charge < -0.3 is 19.6 Å². The zero-order chi connectivity index (χ0) is 19.2. The molecule has 2 aromatic rings. The average Bonchev–Trinajstić information content (AvgIpc) is 3.29. The predicted molar refractivity (Wildman–Crippen MR) is 102 cm³/mol. The van der Waals surface area contributed by atoms with Gasteiger partial charge in [-0.1, -0.05) is 19.0 Å². The van der Waals surface area contributed by atoms with Gasteiger partial charge in [0, 0.05) is 44.6 Å². The number of carbonyl (C=O) groups excluding carboxylic acids is 1. The van der Waals surface area contributed by atoms with Crippen LogP contribution in [0.5, 0.6) is 0 Å². The highest BCUT2D eigenvalue weighted by molar-refractivity contribution is 5.73. The summed E-state index contributed by atoms with van der Waals surface area (Å²) in [5.41, 5.74) is 0.833. The first kappa shape index (κ1) is 19.3. The molecule has 0 radical (unpaired) electrons. The van der Waals surface area contributed by atoms with Crippen molar-refractivity contribution >= 4 is 6.03 Å². The minimum Gasteiger partial charge on any atom is -0.338 e. The normalized spacial score (nSPS) is 17.4. The molecule has 0 spiro atoms. The summed E-state index contributed by atoms with van der Waals surface area (Å²) in [7, 11) is 1.73. The van der Waals surface area contributed by atoms with Crippen molar-refractivity contribution in [2.24, 2.45) is 11.8 Å². The van der Waals surface area contributed by atoms with Gasteiger partial charge in [-0.25, -0.2) is 4.79 Å². The summed E-state index contributed by atoms with van der Waals surface area (Å²) in [6.07, 6.45) is 4.49. The number of amides is 2. The van der Waals surface area contributed by atoms with Crippen LogP contribution in [-0.2, 0) is 6.54 Å². The molecular formula is C19H28N6O2. The lowest BCUT2D eigenvalue weighted by molar-refractivity contribution is 0.197. The SMILES string of the molecule is CC(C)CN1CC[C@H](CNC(=O)N(C)Cc2nc(-c3ccncc3)no2)C1. The maximum absolute atomic E-state index is 12.3. The van der Waals surface area contributed by atoms with Gasteiger partial charge in [0.2, 0.25) is 11.7 Å². The summed E-state index contributed by atoms with van der Waals surface area (Å²) in [5.74, 6) is 2.10. The second kappa shape index (κ2) is 8.94. The fraction of sp³-hybridized carbons (Fsp3) is 0.579. The van der Waals surface area contributed by atoms with Crippen molar-refractivity contribution in [3.8, 4) is 11.4 Å². The number of rotatable bonds is 7. The Kier molecular flexibility index (Phi) is 6.39. The van der Waals surface area contributed by atoms with E-state index in [1.54, 1.807) is 24.3 Å². The van der Waals surface area contributed by atoms with E-state index in [1.807, 2.05) is 12.1 Å². The van der Waals surface area contributed by atoms with Crippen molar-refractivity contribution in [1.29, 1.82) is 0 Å². The molecule has 1 saturated heterocycles. The van der Waals surface area contributed by atoms with Gasteiger partial charge in [-0.2, -0.15) is 4.98 Å². The van der Waals surface area contributed by atoms with Gasteiger partial charge >= 0.3 is 6.03 Å². The van der Waals surface area contributed by atoms with E-state index in [0.29, 0.717) is 30.1 Å². The van der Waals surface area contributed by atoms with Crippen molar-refractivity contribution in [2.75, 3.05) is 33.2 Å². The Hall–Kier alpha value is -2.48. The number of aromatic nitrogens is 3. The molecule has 8 heteroatoms. The van der Waals surface area contributed by atoms with Gasteiger partial charge in [0.1, 0.15) is 6.54 Å². The first-order valence-electron chi connectivity index (χ1n) is 9.45. The number of nitrogens with zero attached hydrogens (tertiary/aromatic N) is 5. The van der Waals surface area contributed by atoms with E-state index in [-0.39, 0.29) is 12.6 Å². The number of carbonyl (C=O) groups is 1. The topological polar surface area (TPSA) is 87.4 Å². The lowest BCUT2D eigenvalue weighted by Crippen LogP contribution is -2.39. The minimum atomic E-state index is -0.124. The number of likely N-dealkylation sites (tertiary alicyclic amines) is 1. The highest BCUT2D eigenvalue weighted by atomic mass is 16.5. The molecule has 0 aromatic carbocycles. The zero-order valence-corrected chi connectivity index (χ0v) is 16.3. The van der Waals surface area contributed by atoms with Crippen LogP contribution in [0.15, 0.2) is 29.0 Å². The molecule has 146 valence electrons. The molecule has 1 aliphatic rings. The maximum Gasteiger partial charge on any atom is 0.317 e. The van der Waals surface area contributed by atoms with Crippen LogP contribution in [0.25, 0.3) is 11.4 Å². The molecule has 0 saturated carbocycles. The van der Waals surface area contributed by atoms with Crippen LogP contribution in [0.3, 0.4) is 0 Å². The van der Waals surface area contributed by atoms with Crippen molar-refractivity contribution in [2.45, 2.75) is 26.8 Å². The summed E-state index contributed by atoms with van der Waals surface area (Å²) in [5, 5.41) is 6.98. The largest absolute Gasteiger partial charge is 0.338 e. The van der Waals surface area contributed by atoms with Gasteiger partial charge in [-0.3, -0.25) is 4.98 Å².